The van der Waals surface area contributed by atoms with Gasteiger partial charge in [0, 0.05) is 17.8 Å². The highest BCUT2D eigenvalue weighted by molar-refractivity contribution is 6.04. The summed E-state index contributed by atoms with van der Waals surface area (Å²) in [6, 6.07) is 9.09. The highest BCUT2D eigenvalue weighted by Crippen LogP contribution is 2.27. The molecule has 0 saturated carbocycles. The van der Waals surface area contributed by atoms with Gasteiger partial charge in [0.1, 0.15) is 0 Å². The van der Waals surface area contributed by atoms with E-state index in [1.807, 2.05) is 24.3 Å². The molecule has 4 rings (SSSR count). The number of hydrogen-bond acceptors (Lipinski definition) is 3. The molecule has 0 spiro atoms. The SMILES string of the molecule is Cl.O=c1c2cn[nH]c2c2ccc(-c3ccncc3)cc2n1CC(F)F. The first-order chi connectivity index (χ1) is 11.6. The summed E-state index contributed by atoms with van der Waals surface area (Å²) in [5.74, 6) is 0. The predicted molar refractivity (Wildman–Crippen MR) is 94.3 cm³/mol. The zero-order valence-electron chi connectivity index (χ0n) is 12.8. The molecule has 5 nitrogen and oxygen atoms in total. The lowest BCUT2D eigenvalue weighted by Gasteiger charge is -2.12. The fourth-order valence-electron chi connectivity index (χ4n) is 2.92. The molecule has 4 aromatic rings. The lowest BCUT2D eigenvalue weighted by atomic mass is 10.0. The maximum atomic E-state index is 13.0. The van der Waals surface area contributed by atoms with E-state index in [-0.39, 0.29) is 12.4 Å². The van der Waals surface area contributed by atoms with Crippen molar-refractivity contribution in [2.24, 2.45) is 0 Å². The summed E-state index contributed by atoms with van der Waals surface area (Å²) in [4.78, 5) is 16.5. The Morgan fingerprint density at radius 1 is 1.08 bits per heavy atom. The number of hydrogen-bond donors (Lipinski definition) is 1. The van der Waals surface area contributed by atoms with Crippen molar-refractivity contribution in [3.8, 4) is 11.1 Å². The maximum absolute atomic E-state index is 13.0. The van der Waals surface area contributed by atoms with E-state index in [9.17, 15) is 13.6 Å². The third-order valence-corrected chi connectivity index (χ3v) is 4.01. The minimum Gasteiger partial charge on any atom is -0.302 e. The van der Waals surface area contributed by atoms with E-state index in [4.69, 9.17) is 0 Å². The molecule has 0 aliphatic rings. The molecular formula is C17H13ClF2N4O. The van der Waals surface area contributed by atoms with Crippen molar-refractivity contribution in [2.45, 2.75) is 13.0 Å². The second kappa shape index (κ2) is 6.60. The van der Waals surface area contributed by atoms with Crippen molar-refractivity contribution in [2.75, 3.05) is 0 Å². The Bertz CT molecular complexity index is 1090. The Labute approximate surface area is 146 Å². The number of alkyl halides is 2. The molecular weight excluding hydrogens is 350 g/mol. The maximum Gasteiger partial charge on any atom is 0.262 e. The summed E-state index contributed by atoms with van der Waals surface area (Å²) in [6.45, 7) is -0.656. The smallest absolute Gasteiger partial charge is 0.262 e. The Hall–Kier alpha value is -2.80. The number of H-pyrrole nitrogens is 1. The third-order valence-electron chi connectivity index (χ3n) is 4.01. The molecule has 0 amide bonds. The lowest BCUT2D eigenvalue weighted by Crippen LogP contribution is -2.23. The molecule has 0 aliphatic carbocycles. The van der Waals surface area contributed by atoms with Gasteiger partial charge in [-0.1, -0.05) is 12.1 Å². The molecule has 1 N–H and O–H groups in total. The van der Waals surface area contributed by atoms with Crippen LogP contribution in [0.25, 0.3) is 32.9 Å². The van der Waals surface area contributed by atoms with Gasteiger partial charge in [0.25, 0.3) is 12.0 Å². The van der Waals surface area contributed by atoms with Crippen LogP contribution < -0.4 is 5.56 Å². The molecule has 3 aromatic heterocycles. The van der Waals surface area contributed by atoms with E-state index in [1.54, 1.807) is 18.5 Å². The van der Waals surface area contributed by atoms with E-state index in [0.717, 1.165) is 15.7 Å². The normalized spacial score (nSPS) is 11.2. The zero-order chi connectivity index (χ0) is 16.7. The zero-order valence-corrected chi connectivity index (χ0v) is 13.6. The van der Waals surface area contributed by atoms with E-state index in [2.05, 4.69) is 15.2 Å². The van der Waals surface area contributed by atoms with Gasteiger partial charge in [0.2, 0.25) is 0 Å². The molecule has 8 heteroatoms. The molecule has 1 aromatic carbocycles. The molecule has 0 atom stereocenters. The van der Waals surface area contributed by atoms with Crippen LogP contribution in [0, 0.1) is 0 Å². The van der Waals surface area contributed by atoms with Gasteiger partial charge >= 0.3 is 0 Å². The van der Waals surface area contributed by atoms with Gasteiger partial charge in [-0.2, -0.15) is 5.10 Å². The van der Waals surface area contributed by atoms with E-state index in [1.165, 1.54) is 6.20 Å². The van der Waals surface area contributed by atoms with Crippen LogP contribution in [0.5, 0.6) is 0 Å². The number of nitrogens with zero attached hydrogens (tertiary/aromatic N) is 3. The summed E-state index contributed by atoms with van der Waals surface area (Å²) in [6.07, 6.45) is 2.06. The average molecular weight is 363 g/mol. The summed E-state index contributed by atoms with van der Waals surface area (Å²) in [5.41, 5.74) is 2.26. The number of pyridine rings is 2. The molecule has 0 saturated heterocycles. The Kier molecular flexibility index (Phi) is 4.50. The average Bonchev–Trinajstić information content (AvgIpc) is 3.09. The largest absolute Gasteiger partial charge is 0.302 e. The van der Waals surface area contributed by atoms with Crippen molar-refractivity contribution in [3.63, 3.8) is 0 Å². The number of aromatic amines is 1. The van der Waals surface area contributed by atoms with Crippen LogP contribution in [0.1, 0.15) is 0 Å². The van der Waals surface area contributed by atoms with Crippen molar-refractivity contribution in [3.05, 3.63) is 59.3 Å². The lowest BCUT2D eigenvalue weighted by molar-refractivity contribution is 0.127. The molecule has 3 heterocycles. The summed E-state index contributed by atoms with van der Waals surface area (Å²) in [7, 11) is 0. The van der Waals surface area contributed by atoms with Crippen LogP contribution in [0.2, 0.25) is 0 Å². The van der Waals surface area contributed by atoms with Crippen LogP contribution in [0.4, 0.5) is 8.78 Å². The summed E-state index contributed by atoms with van der Waals surface area (Å²) < 4.78 is 27.1. The molecule has 0 fully saturated rings. The molecule has 128 valence electrons. The van der Waals surface area contributed by atoms with Gasteiger partial charge in [0.05, 0.1) is 29.2 Å². The van der Waals surface area contributed by atoms with Crippen molar-refractivity contribution in [1.82, 2.24) is 19.7 Å². The van der Waals surface area contributed by atoms with Gasteiger partial charge in [-0.05, 0) is 29.3 Å². The van der Waals surface area contributed by atoms with Crippen LogP contribution in [0.15, 0.2) is 53.7 Å². The number of halogens is 3. The van der Waals surface area contributed by atoms with Crippen LogP contribution in [-0.4, -0.2) is 26.2 Å². The Balaban J connectivity index is 0.00000182. The summed E-state index contributed by atoms with van der Waals surface area (Å²) >= 11 is 0. The second-order valence-electron chi connectivity index (χ2n) is 5.43. The number of rotatable bonds is 3. The Morgan fingerprint density at radius 2 is 1.84 bits per heavy atom. The minimum absolute atomic E-state index is 0. The third kappa shape index (κ3) is 2.87. The van der Waals surface area contributed by atoms with Gasteiger partial charge < -0.3 is 4.57 Å². The number of aromatic nitrogens is 4. The first-order valence-corrected chi connectivity index (χ1v) is 7.33. The van der Waals surface area contributed by atoms with Crippen molar-refractivity contribution in [1.29, 1.82) is 0 Å². The fraction of sp³-hybridized carbons (Fsp3) is 0.118. The van der Waals surface area contributed by atoms with Crippen molar-refractivity contribution < 1.29 is 8.78 Å². The quantitative estimate of drug-likeness (QED) is 0.605. The van der Waals surface area contributed by atoms with Gasteiger partial charge in [-0.15, -0.1) is 12.4 Å². The monoisotopic (exact) mass is 362 g/mol. The number of fused-ring (bicyclic) bond motifs is 3. The van der Waals surface area contributed by atoms with Gasteiger partial charge in [-0.25, -0.2) is 8.78 Å². The molecule has 25 heavy (non-hydrogen) atoms. The van der Waals surface area contributed by atoms with Crippen LogP contribution >= 0.6 is 12.4 Å². The number of benzene rings is 1. The van der Waals surface area contributed by atoms with Gasteiger partial charge in [-0.3, -0.25) is 14.9 Å². The highest BCUT2D eigenvalue weighted by Gasteiger charge is 2.16. The minimum atomic E-state index is -2.63. The second-order valence-corrected chi connectivity index (χ2v) is 5.43. The van der Waals surface area contributed by atoms with Crippen molar-refractivity contribution >= 4 is 34.2 Å². The highest BCUT2D eigenvalue weighted by atomic mass is 35.5. The van der Waals surface area contributed by atoms with E-state index in [0.29, 0.717) is 21.8 Å². The number of nitrogens with one attached hydrogen (secondary N) is 1. The fourth-order valence-corrected chi connectivity index (χ4v) is 2.92. The van der Waals surface area contributed by atoms with E-state index < -0.39 is 18.5 Å². The predicted octanol–water partition coefficient (Wildman–Crippen LogP) is 3.63. The molecule has 0 aliphatic heterocycles. The topological polar surface area (TPSA) is 63.6 Å². The molecule has 0 radical (unpaired) electrons. The molecule has 0 bridgehead atoms. The van der Waals surface area contributed by atoms with Gasteiger partial charge in [0.15, 0.2) is 0 Å². The Morgan fingerprint density at radius 3 is 2.56 bits per heavy atom. The standard InChI is InChI=1S/C17H12F2N4O.ClH/c18-15(19)9-23-14-7-11(10-3-5-20-6-4-10)1-2-12(14)16-13(17(23)24)8-21-22-16;/h1-8,15H,9H2,(H,21,22);1H. The first-order valence-electron chi connectivity index (χ1n) is 7.33. The molecule has 0 unspecified atom stereocenters. The first kappa shape index (κ1) is 17.0. The van der Waals surface area contributed by atoms with Crippen LogP contribution in [-0.2, 0) is 6.54 Å². The van der Waals surface area contributed by atoms with E-state index >= 15 is 0 Å². The van der Waals surface area contributed by atoms with Crippen LogP contribution in [0.3, 0.4) is 0 Å². The summed E-state index contributed by atoms with van der Waals surface area (Å²) in [5, 5.41) is 7.65.